The molecule has 0 atom stereocenters. The number of nitrogens with one attached hydrogen (secondary N) is 1. The summed E-state index contributed by atoms with van der Waals surface area (Å²) in [6.07, 6.45) is 0. The highest BCUT2D eigenvalue weighted by Gasteiger charge is 2.07. The van der Waals surface area contributed by atoms with Crippen LogP contribution in [-0.4, -0.2) is 14.2 Å². The van der Waals surface area contributed by atoms with Gasteiger partial charge in [0.1, 0.15) is 18.1 Å². The van der Waals surface area contributed by atoms with E-state index >= 15 is 0 Å². The van der Waals surface area contributed by atoms with Crippen molar-refractivity contribution >= 4 is 11.6 Å². The van der Waals surface area contributed by atoms with Crippen LogP contribution in [0.5, 0.6) is 11.5 Å². The minimum absolute atomic E-state index is 0.427. The quantitative estimate of drug-likeness (QED) is 0.876. The van der Waals surface area contributed by atoms with E-state index < -0.39 is 0 Å². The molecule has 0 spiro atoms. The highest BCUT2D eigenvalue weighted by atomic mass is 35.5. The lowest BCUT2D eigenvalue weighted by Gasteiger charge is -2.12. The molecule has 0 aliphatic carbocycles. The number of hydrogen-bond donors (Lipinski definition) is 1. The second-order valence-corrected chi connectivity index (χ2v) is 5.31. The molecule has 0 bridgehead atoms. The lowest BCUT2D eigenvalue weighted by molar-refractivity contribution is 0.296. The van der Waals surface area contributed by atoms with E-state index in [9.17, 15) is 0 Å². The molecular formula is C17H20ClNO2. The van der Waals surface area contributed by atoms with Gasteiger partial charge in [0.2, 0.25) is 0 Å². The maximum atomic E-state index is 6.25. The van der Waals surface area contributed by atoms with Crippen LogP contribution in [0.1, 0.15) is 16.7 Å². The summed E-state index contributed by atoms with van der Waals surface area (Å²) in [7, 11) is 3.57. The predicted octanol–water partition coefficient (Wildman–Crippen LogP) is 3.96. The van der Waals surface area contributed by atoms with Crippen LogP contribution in [0.4, 0.5) is 0 Å². The van der Waals surface area contributed by atoms with Gasteiger partial charge in [0.15, 0.2) is 0 Å². The van der Waals surface area contributed by atoms with E-state index in [1.165, 1.54) is 5.56 Å². The van der Waals surface area contributed by atoms with Crippen LogP contribution < -0.4 is 14.8 Å². The first-order valence-corrected chi connectivity index (χ1v) is 7.21. The van der Waals surface area contributed by atoms with E-state index in [1.807, 2.05) is 44.3 Å². The third kappa shape index (κ3) is 4.13. The monoisotopic (exact) mass is 305 g/mol. The number of hydrogen-bond acceptors (Lipinski definition) is 3. The standard InChI is InChI=1S/C17H20ClNO2/c1-12-4-6-16(20-3)14(8-12)11-21-17-7-5-13(10-19-2)9-15(17)18/h4-9,19H,10-11H2,1-3H3. The molecule has 2 aromatic carbocycles. The number of rotatable bonds is 6. The molecule has 112 valence electrons. The van der Waals surface area contributed by atoms with Gasteiger partial charge in [-0.2, -0.15) is 0 Å². The van der Waals surface area contributed by atoms with Gasteiger partial charge in [0.05, 0.1) is 12.1 Å². The van der Waals surface area contributed by atoms with Gasteiger partial charge < -0.3 is 14.8 Å². The third-order valence-corrected chi connectivity index (χ3v) is 3.49. The zero-order valence-corrected chi connectivity index (χ0v) is 13.3. The first kappa shape index (κ1) is 15.7. The van der Waals surface area contributed by atoms with Crippen molar-refractivity contribution in [3.05, 3.63) is 58.1 Å². The molecule has 0 unspecified atom stereocenters. The minimum Gasteiger partial charge on any atom is -0.496 e. The van der Waals surface area contributed by atoms with Crippen LogP contribution in [0, 0.1) is 6.92 Å². The Morgan fingerprint density at radius 1 is 1.10 bits per heavy atom. The zero-order chi connectivity index (χ0) is 15.2. The van der Waals surface area contributed by atoms with E-state index in [4.69, 9.17) is 21.1 Å². The lowest BCUT2D eigenvalue weighted by Crippen LogP contribution is -2.05. The molecule has 2 aromatic rings. The van der Waals surface area contributed by atoms with Crippen molar-refractivity contribution in [3.8, 4) is 11.5 Å². The van der Waals surface area contributed by atoms with Crippen molar-refractivity contribution in [1.29, 1.82) is 0 Å². The zero-order valence-electron chi connectivity index (χ0n) is 12.6. The van der Waals surface area contributed by atoms with Gasteiger partial charge in [-0.25, -0.2) is 0 Å². The van der Waals surface area contributed by atoms with Crippen molar-refractivity contribution in [1.82, 2.24) is 5.32 Å². The molecule has 0 amide bonds. The van der Waals surface area contributed by atoms with Crippen LogP contribution in [0.25, 0.3) is 0 Å². The number of ether oxygens (including phenoxy) is 2. The van der Waals surface area contributed by atoms with Gasteiger partial charge in [0, 0.05) is 12.1 Å². The second-order valence-electron chi connectivity index (χ2n) is 4.90. The highest BCUT2D eigenvalue weighted by Crippen LogP contribution is 2.28. The van der Waals surface area contributed by atoms with E-state index in [2.05, 4.69) is 11.4 Å². The maximum absolute atomic E-state index is 6.25. The lowest BCUT2D eigenvalue weighted by atomic mass is 10.1. The Morgan fingerprint density at radius 2 is 1.86 bits per heavy atom. The van der Waals surface area contributed by atoms with Gasteiger partial charge >= 0.3 is 0 Å². The molecule has 0 fully saturated rings. The van der Waals surface area contributed by atoms with Crippen molar-refractivity contribution in [2.45, 2.75) is 20.1 Å². The Bertz CT molecular complexity index is 614. The Hall–Kier alpha value is -1.71. The molecule has 0 aromatic heterocycles. The molecule has 0 radical (unpaired) electrons. The molecule has 3 nitrogen and oxygen atoms in total. The maximum Gasteiger partial charge on any atom is 0.138 e. The van der Waals surface area contributed by atoms with Crippen LogP contribution in [0.15, 0.2) is 36.4 Å². The summed E-state index contributed by atoms with van der Waals surface area (Å²) in [5.74, 6) is 1.50. The minimum atomic E-state index is 0.427. The average Bonchev–Trinajstić information content (AvgIpc) is 2.47. The molecule has 1 N–H and O–H groups in total. The van der Waals surface area contributed by atoms with Crippen molar-refractivity contribution < 1.29 is 9.47 Å². The van der Waals surface area contributed by atoms with Crippen LogP contribution >= 0.6 is 11.6 Å². The average molecular weight is 306 g/mol. The van der Waals surface area contributed by atoms with Crippen molar-refractivity contribution in [2.75, 3.05) is 14.2 Å². The second kappa shape index (κ2) is 7.34. The third-order valence-electron chi connectivity index (χ3n) is 3.20. The predicted molar refractivity (Wildman–Crippen MR) is 86.3 cm³/mol. The number of halogens is 1. The summed E-state index contributed by atoms with van der Waals surface area (Å²) >= 11 is 6.25. The van der Waals surface area contributed by atoms with Crippen molar-refractivity contribution in [2.24, 2.45) is 0 Å². The van der Waals surface area contributed by atoms with Gasteiger partial charge in [-0.05, 0) is 43.8 Å². The molecule has 0 aliphatic rings. The van der Waals surface area contributed by atoms with Crippen molar-refractivity contribution in [3.63, 3.8) is 0 Å². The van der Waals surface area contributed by atoms with E-state index in [0.29, 0.717) is 17.4 Å². The highest BCUT2D eigenvalue weighted by molar-refractivity contribution is 6.32. The van der Waals surface area contributed by atoms with E-state index in [-0.39, 0.29) is 0 Å². The molecule has 0 saturated carbocycles. The fraction of sp³-hybridized carbons (Fsp3) is 0.294. The first-order valence-electron chi connectivity index (χ1n) is 6.83. The van der Waals surface area contributed by atoms with Crippen LogP contribution in [0.3, 0.4) is 0 Å². The Balaban J connectivity index is 2.11. The molecule has 21 heavy (non-hydrogen) atoms. The summed E-state index contributed by atoms with van der Waals surface area (Å²) < 4.78 is 11.2. The van der Waals surface area contributed by atoms with Crippen LogP contribution in [0.2, 0.25) is 5.02 Å². The number of benzene rings is 2. The Morgan fingerprint density at radius 3 is 2.52 bits per heavy atom. The topological polar surface area (TPSA) is 30.5 Å². The SMILES string of the molecule is CNCc1ccc(OCc2cc(C)ccc2OC)c(Cl)c1. The molecular weight excluding hydrogens is 286 g/mol. The summed E-state index contributed by atoms with van der Waals surface area (Å²) in [4.78, 5) is 0. The molecule has 0 saturated heterocycles. The summed E-state index contributed by atoms with van der Waals surface area (Å²) in [6.45, 7) is 3.25. The van der Waals surface area contributed by atoms with Gasteiger partial charge in [-0.3, -0.25) is 0 Å². The summed E-state index contributed by atoms with van der Waals surface area (Å²) in [5, 5.41) is 3.71. The number of aryl methyl sites for hydroxylation is 1. The van der Waals surface area contributed by atoms with Crippen LogP contribution in [-0.2, 0) is 13.2 Å². The van der Waals surface area contributed by atoms with Gasteiger partial charge in [-0.15, -0.1) is 0 Å². The van der Waals surface area contributed by atoms with E-state index in [0.717, 1.165) is 23.4 Å². The Kier molecular flexibility index (Phi) is 5.48. The number of methoxy groups -OCH3 is 1. The van der Waals surface area contributed by atoms with Gasteiger partial charge in [0.25, 0.3) is 0 Å². The molecule has 0 aliphatic heterocycles. The summed E-state index contributed by atoms with van der Waals surface area (Å²) in [6, 6.07) is 11.8. The first-order chi connectivity index (χ1) is 10.1. The fourth-order valence-electron chi connectivity index (χ4n) is 2.15. The summed E-state index contributed by atoms with van der Waals surface area (Å²) in [5.41, 5.74) is 3.31. The largest absolute Gasteiger partial charge is 0.496 e. The smallest absolute Gasteiger partial charge is 0.138 e. The molecule has 2 rings (SSSR count). The van der Waals surface area contributed by atoms with E-state index in [1.54, 1.807) is 7.11 Å². The fourth-order valence-corrected chi connectivity index (χ4v) is 2.41. The normalized spacial score (nSPS) is 10.5. The Labute approximate surface area is 130 Å². The molecule has 4 heteroatoms. The molecule has 0 heterocycles. The van der Waals surface area contributed by atoms with Gasteiger partial charge in [-0.1, -0.05) is 29.3 Å².